The number of rotatable bonds is 8. The van der Waals surface area contributed by atoms with Gasteiger partial charge in [0.05, 0.1) is 12.7 Å². The Bertz CT molecular complexity index is 629. The van der Waals surface area contributed by atoms with E-state index in [2.05, 4.69) is 29.6 Å². The van der Waals surface area contributed by atoms with E-state index in [9.17, 15) is 4.79 Å². The van der Waals surface area contributed by atoms with Crippen LogP contribution in [0.1, 0.15) is 36.8 Å². The number of hydrogen-bond acceptors (Lipinski definition) is 3. The summed E-state index contributed by atoms with van der Waals surface area (Å²) >= 11 is 0. The van der Waals surface area contributed by atoms with Crippen LogP contribution in [-0.4, -0.2) is 37.9 Å². The van der Waals surface area contributed by atoms with Crippen LogP contribution in [-0.2, 0) is 14.3 Å². The van der Waals surface area contributed by atoms with Crippen LogP contribution >= 0.6 is 0 Å². The van der Waals surface area contributed by atoms with Gasteiger partial charge < -0.3 is 14.8 Å². The van der Waals surface area contributed by atoms with E-state index >= 15 is 0 Å². The van der Waals surface area contributed by atoms with E-state index in [0.29, 0.717) is 13.2 Å². The fourth-order valence-corrected chi connectivity index (χ4v) is 3.25. The molecule has 1 fully saturated rings. The molecule has 0 aliphatic carbocycles. The smallest absolute Gasteiger partial charge is 0.248 e. The highest BCUT2D eigenvalue weighted by atomic mass is 16.5. The van der Waals surface area contributed by atoms with E-state index in [-0.39, 0.29) is 17.9 Å². The number of ether oxygens (including phenoxy) is 2. The van der Waals surface area contributed by atoms with E-state index in [1.54, 1.807) is 6.92 Å². The SMILES string of the molecule is CC(OCC1CCCO1)C(=O)NCC(c1ccccc1)c1ccccc1. The van der Waals surface area contributed by atoms with Gasteiger partial charge in [-0.1, -0.05) is 60.7 Å². The lowest BCUT2D eigenvalue weighted by Crippen LogP contribution is -2.38. The van der Waals surface area contributed by atoms with Crippen LogP contribution < -0.4 is 5.32 Å². The van der Waals surface area contributed by atoms with E-state index in [4.69, 9.17) is 9.47 Å². The first kappa shape index (κ1) is 18.6. The van der Waals surface area contributed by atoms with Crippen molar-refractivity contribution in [3.8, 4) is 0 Å². The standard InChI is InChI=1S/C22H27NO3/c1-17(26-16-20-13-8-14-25-20)22(24)23-15-21(18-9-4-2-5-10-18)19-11-6-3-7-12-19/h2-7,9-12,17,20-21H,8,13-16H2,1H3,(H,23,24). The normalized spacial score (nSPS) is 18.0. The van der Waals surface area contributed by atoms with Gasteiger partial charge in [-0.05, 0) is 30.9 Å². The molecule has 1 amide bonds. The number of benzene rings is 2. The Morgan fingerprint density at radius 1 is 1.12 bits per heavy atom. The fraction of sp³-hybridized carbons (Fsp3) is 0.409. The molecule has 2 aromatic carbocycles. The predicted molar refractivity (Wildman–Crippen MR) is 102 cm³/mol. The molecule has 0 saturated carbocycles. The minimum absolute atomic E-state index is 0.0835. The molecule has 1 saturated heterocycles. The number of nitrogens with one attached hydrogen (secondary N) is 1. The second kappa shape index (κ2) is 9.51. The third-order valence-corrected chi connectivity index (χ3v) is 4.81. The van der Waals surface area contributed by atoms with Crippen LogP contribution in [0.3, 0.4) is 0 Å². The third kappa shape index (κ3) is 5.16. The molecule has 0 spiro atoms. The van der Waals surface area contributed by atoms with Gasteiger partial charge in [0.2, 0.25) is 5.91 Å². The Morgan fingerprint density at radius 3 is 2.27 bits per heavy atom. The van der Waals surface area contributed by atoms with Crippen molar-refractivity contribution in [2.75, 3.05) is 19.8 Å². The Balaban J connectivity index is 1.57. The summed E-state index contributed by atoms with van der Waals surface area (Å²) in [7, 11) is 0. The van der Waals surface area contributed by atoms with Crippen LogP contribution in [0.15, 0.2) is 60.7 Å². The zero-order valence-corrected chi connectivity index (χ0v) is 15.3. The van der Waals surface area contributed by atoms with E-state index in [0.717, 1.165) is 19.4 Å². The molecule has 4 heteroatoms. The maximum Gasteiger partial charge on any atom is 0.248 e. The van der Waals surface area contributed by atoms with E-state index in [1.807, 2.05) is 36.4 Å². The number of hydrogen-bond donors (Lipinski definition) is 1. The molecular weight excluding hydrogens is 326 g/mol. The van der Waals surface area contributed by atoms with Gasteiger partial charge in [0.25, 0.3) is 0 Å². The Hall–Kier alpha value is -2.17. The number of amides is 1. The molecule has 1 heterocycles. The molecule has 2 atom stereocenters. The second-order valence-corrected chi connectivity index (χ2v) is 6.73. The number of carbonyl (C=O) groups excluding carboxylic acids is 1. The lowest BCUT2D eigenvalue weighted by Gasteiger charge is -2.21. The summed E-state index contributed by atoms with van der Waals surface area (Å²) in [5, 5.41) is 3.05. The first-order valence-electron chi connectivity index (χ1n) is 9.35. The van der Waals surface area contributed by atoms with Crippen LogP contribution in [0.4, 0.5) is 0 Å². The van der Waals surface area contributed by atoms with Crippen LogP contribution in [0.5, 0.6) is 0 Å². The van der Waals surface area contributed by atoms with Crippen molar-refractivity contribution < 1.29 is 14.3 Å². The molecule has 4 nitrogen and oxygen atoms in total. The minimum Gasteiger partial charge on any atom is -0.376 e. The number of carbonyl (C=O) groups is 1. The van der Waals surface area contributed by atoms with Gasteiger partial charge in [0.1, 0.15) is 6.10 Å². The highest BCUT2D eigenvalue weighted by Crippen LogP contribution is 2.23. The average molecular weight is 353 g/mol. The lowest BCUT2D eigenvalue weighted by molar-refractivity contribution is -0.133. The largest absolute Gasteiger partial charge is 0.376 e. The third-order valence-electron chi connectivity index (χ3n) is 4.81. The molecule has 1 aliphatic heterocycles. The van der Waals surface area contributed by atoms with E-state index < -0.39 is 6.10 Å². The average Bonchev–Trinajstić information content (AvgIpc) is 3.21. The van der Waals surface area contributed by atoms with Crippen molar-refractivity contribution in [2.24, 2.45) is 0 Å². The summed E-state index contributed by atoms with van der Waals surface area (Å²) in [4.78, 5) is 12.4. The predicted octanol–water partition coefficient (Wildman–Crippen LogP) is 3.52. The second-order valence-electron chi connectivity index (χ2n) is 6.73. The van der Waals surface area contributed by atoms with Crippen molar-refractivity contribution in [3.63, 3.8) is 0 Å². The zero-order valence-electron chi connectivity index (χ0n) is 15.3. The van der Waals surface area contributed by atoms with Crippen LogP contribution in [0, 0.1) is 0 Å². The lowest BCUT2D eigenvalue weighted by atomic mass is 9.91. The van der Waals surface area contributed by atoms with Gasteiger partial charge >= 0.3 is 0 Å². The quantitative estimate of drug-likeness (QED) is 0.790. The maximum atomic E-state index is 12.4. The molecule has 0 aromatic heterocycles. The molecule has 2 aromatic rings. The Morgan fingerprint density at radius 2 is 1.73 bits per heavy atom. The topological polar surface area (TPSA) is 47.6 Å². The van der Waals surface area contributed by atoms with Crippen molar-refractivity contribution in [2.45, 2.75) is 37.9 Å². The van der Waals surface area contributed by atoms with Gasteiger partial charge in [-0.15, -0.1) is 0 Å². The van der Waals surface area contributed by atoms with Crippen LogP contribution in [0.2, 0.25) is 0 Å². The van der Waals surface area contributed by atoms with Gasteiger partial charge in [-0.3, -0.25) is 4.79 Å². The molecular formula is C22H27NO3. The minimum atomic E-state index is -0.480. The van der Waals surface area contributed by atoms with Crippen molar-refractivity contribution in [1.82, 2.24) is 5.32 Å². The summed E-state index contributed by atoms with van der Waals surface area (Å²) in [6.07, 6.45) is 1.74. The van der Waals surface area contributed by atoms with Crippen molar-refractivity contribution >= 4 is 5.91 Å². The Kier molecular flexibility index (Phi) is 6.81. The molecule has 26 heavy (non-hydrogen) atoms. The molecule has 2 unspecified atom stereocenters. The van der Waals surface area contributed by atoms with E-state index in [1.165, 1.54) is 11.1 Å². The van der Waals surface area contributed by atoms with Crippen molar-refractivity contribution in [3.05, 3.63) is 71.8 Å². The zero-order chi connectivity index (χ0) is 18.2. The molecule has 3 rings (SSSR count). The van der Waals surface area contributed by atoms with Gasteiger partial charge in [0.15, 0.2) is 0 Å². The Labute approximate surface area is 155 Å². The summed E-state index contributed by atoms with van der Waals surface area (Å²) in [6.45, 7) is 3.62. The highest BCUT2D eigenvalue weighted by Gasteiger charge is 2.21. The first-order chi connectivity index (χ1) is 12.7. The van der Waals surface area contributed by atoms with Gasteiger partial charge in [0, 0.05) is 19.1 Å². The van der Waals surface area contributed by atoms with Gasteiger partial charge in [-0.25, -0.2) is 0 Å². The maximum absolute atomic E-state index is 12.4. The summed E-state index contributed by atoms with van der Waals surface area (Å²) in [6, 6.07) is 20.5. The van der Waals surface area contributed by atoms with Crippen molar-refractivity contribution in [1.29, 1.82) is 0 Å². The fourth-order valence-electron chi connectivity index (χ4n) is 3.25. The van der Waals surface area contributed by atoms with Crippen LogP contribution in [0.25, 0.3) is 0 Å². The highest BCUT2D eigenvalue weighted by molar-refractivity contribution is 5.80. The summed E-state index contributed by atoms with van der Waals surface area (Å²) < 4.78 is 11.2. The monoisotopic (exact) mass is 353 g/mol. The van der Waals surface area contributed by atoms with Gasteiger partial charge in [-0.2, -0.15) is 0 Å². The summed E-state index contributed by atoms with van der Waals surface area (Å²) in [5.74, 6) is 0.0339. The summed E-state index contributed by atoms with van der Waals surface area (Å²) in [5.41, 5.74) is 2.37. The molecule has 1 N–H and O–H groups in total. The first-order valence-corrected chi connectivity index (χ1v) is 9.35. The molecule has 0 radical (unpaired) electrons. The molecule has 1 aliphatic rings. The molecule has 138 valence electrons. The molecule has 0 bridgehead atoms.